The van der Waals surface area contributed by atoms with E-state index in [-0.39, 0.29) is 11.4 Å². The molecule has 0 saturated carbocycles. The Balaban J connectivity index is 2.63. The van der Waals surface area contributed by atoms with Gasteiger partial charge in [0.15, 0.2) is 0 Å². The largest absolute Gasteiger partial charge is 0.281 e. The maximum atomic E-state index is 10.9. The molecule has 2 rings (SSSR count). The Kier molecular flexibility index (Phi) is 2.79. The lowest BCUT2D eigenvalue weighted by molar-refractivity contribution is -0.384. The van der Waals surface area contributed by atoms with Crippen LogP contribution in [0.2, 0.25) is 0 Å². The van der Waals surface area contributed by atoms with Crippen LogP contribution in [0.15, 0.2) is 42.6 Å². The van der Waals surface area contributed by atoms with Gasteiger partial charge in [-0.1, -0.05) is 30.3 Å². The molecule has 1 aromatic carbocycles. The predicted molar refractivity (Wildman–Crippen MR) is 61.0 cm³/mol. The Labute approximate surface area is 97.1 Å². The van der Waals surface area contributed by atoms with Crippen molar-refractivity contribution in [3.63, 3.8) is 0 Å². The van der Waals surface area contributed by atoms with Crippen LogP contribution in [-0.4, -0.2) is 9.91 Å². The summed E-state index contributed by atoms with van der Waals surface area (Å²) >= 11 is 0. The second kappa shape index (κ2) is 4.41. The standard InChI is InChI=1S/C12H7N3O2/c13-7-10-6-12(15(16)17)11(8-14-10)9-4-2-1-3-5-9/h1-6,8H. The Hall–Kier alpha value is -2.74. The van der Waals surface area contributed by atoms with Gasteiger partial charge < -0.3 is 0 Å². The van der Waals surface area contributed by atoms with Crippen molar-refractivity contribution in [1.82, 2.24) is 4.98 Å². The van der Waals surface area contributed by atoms with Gasteiger partial charge in [0.05, 0.1) is 16.6 Å². The highest BCUT2D eigenvalue weighted by molar-refractivity contribution is 5.73. The first kappa shape index (κ1) is 10.8. The lowest BCUT2D eigenvalue weighted by Gasteiger charge is -2.02. The summed E-state index contributed by atoms with van der Waals surface area (Å²) in [5.74, 6) is 0. The Morgan fingerprint density at radius 2 is 2.00 bits per heavy atom. The van der Waals surface area contributed by atoms with Gasteiger partial charge in [0.25, 0.3) is 5.69 Å². The number of nitrogens with zero attached hydrogens (tertiary/aromatic N) is 3. The van der Waals surface area contributed by atoms with Crippen molar-refractivity contribution in [2.75, 3.05) is 0 Å². The van der Waals surface area contributed by atoms with Crippen molar-refractivity contribution >= 4 is 5.69 Å². The molecule has 0 spiro atoms. The number of hydrogen-bond donors (Lipinski definition) is 0. The molecular formula is C12H7N3O2. The molecular weight excluding hydrogens is 218 g/mol. The van der Waals surface area contributed by atoms with E-state index >= 15 is 0 Å². The maximum absolute atomic E-state index is 10.9. The van der Waals surface area contributed by atoms with Crippen molar-refractivity contribution in [2.24, 2.45) is 0 Å². The first-order chi connectivity index (χ1) is 8.22. The monoisotopic (exact) mass is 225 g/mol. The van der Waals surface area contributed by atoms with Crippen LogP contribution < -0.4 is 0 Å². The van der Waals surface area contributed by atoms with E-state index in [9.17, 15) is 10.1 Å². The molecule has 0 atom stereocenters. The van der Waals surface area contributed by atoms with E-state index in [1.165, 1.54) is 12.3 Å². The summed E-state index contributed by atoms with van der Waals surface area (Å²) in [5, 5.41) is 19.6. The second-order valence-electron chi connectivity index (χ2n) is 3.32. The number of pyridine rings is 1. The Bertz CT molecular complexity index is 603. The zero-order chi connectivity index (χ0) is 12.3. The third-order valence-corrected chi connectivity index (χ3v) is 2.28. The lowest BCUT2D eigenvalue weighted by atomic mass is 10.1. The molecule has 5 nitrogen and oxygen atoms in total. The van der Waals surface area contributed by atoms with Crippen LogP contribution in [0, 0.1) is 21.4 Å². The highest BCUT2D eigenvalue weighted by atomic mass is 16.6. The lowest BCUT2D eigenvalue weighted by Crippen LogP contribution is -1.95. The van der Waals surface area contributed by atoms with Crippen molar-refractivity contribution in [3.05, 3.63) is 58.4 Å². The molecule has 0 N–H and O–H groups in total. The van der Waals surface area contributed by atoms with Gasteiger partial charge in [-0.2, -0.15) is 5.26 Å². The minimum Gasteiger partial charge on any atom is -0.258 e. The van der Waals surface area contributed by atoms with Gasteiger partial charge in [-0.3, -0.25) is 10.1 Å². The molecule has 0 amide bonds. The fourth-order valence-corrected chi connectivity index (χ4v) is 1.50. The van der Waals surface area contributed by atoms with Crippen LogP contribution in [0.5, 0.6) is 0 Å². The third kappa shape index (κ3) is 2.11. The molecule has 82 valence electrons. The van der Waals surface area contributed by atoms with Crippen LogP contribution in [-0.2, 0) is 0 Å². The average molecular weight is 225 g/mol. The van der Waals surface area contributed by atoms with Crippen LogP contribution in [0.3, 0.4) is 0 Å². The summed E-state index contributed by atoms with van der Waals surface area (Å²) in [6.07, 6.45) is 1.35. The maximum Gasteiger partial charge on any atom is 0.281 e. The van der Waals surface area contributed by atoms with E-state index in [1.807, 2.05) is 6.07 Å². The third-order valence-electron chi connectivity index (χ3n) is 2.28. The number of rotatable bonds is 2. The Morgan fingerprint density at radius 3 is 2.59 bits per heavy atom. The summed E-state index contributed by atoms with van der Waals surface area (Å²) < 4.78 is 0. The number of benzene rings is 1. The summed E-state index contributed by atoms with van der Waals surface area (Å²) in [5.41, 5.74) is 1.05. The van der Waals surface area contributed by atoms with E-state index in [0.29, 0.717) is 11.1 Å². The summed E-state index contributed by atoms with van der Waals surface area (Å²) in [7, 11) is 0. The van der Waals surface area contributed by atoms with Crippen molar-refractivity contribution in [2.45, 2.75) is 0 Å². The smallest absolute Gasteiger partial charge is 0.258 e. The van der Waals surface area contributed by atoms with Crippen LogP contribution in [0.25, 0.3) is 11.1 Å². The SMILES string of the molecule is N#Cc1cc([N+](=O)[O-])c(-c2ccccc2)cn1. The molecule has 0 radical (unpaired) electrons. The number of aromatic nitrogens is 1. The normalized spacial score (nSPS) is 9.59. The van der Waals surface area contributed by atoms with E-state index in [2.05, 4.69) is 4.98 Å². The molecule has 0 aliphatic rings. The number of hydrogen-bond acceptors (Lipinski definition) is 4. The van der Waals surface area contributed by atoms with Gasteiger partial charge >= 0.3 is 0 Å². The van der Waals surface area contributed by atoms with Gasteiger partial charge in [0.2, 0.25) is 0 Å². The van der Waals surface area contributed by atoms with E-state index in [0.717, 1.165) is 0 Å². The number of nitro groups is 1. The molecule has 2 aromatic rings. The van der Waals surface area contributed by atoms with Crippen molar-refractivity contribution in [3.8, 4) is 17.2 Å². The first-order valence-corrected chi connectivity index (χ1v) is 4.82. The topological polar surface area (TPSA) is 79.8 Å². The van der Waals surface area contributed by atoms with Crippen LogP contribution >= 0.6 is 0 Å². The van der Waals surface area contributed by atoms with Gasteiger partial charge in [-0.15, -0.1) is 0 Å². The zero-order valence-electron chi connectivity index (χ0n) is 8.70. The highest BCUT2D eigenvalue weighted by Crippen LogP contribution is 2.29. The molecule has 0 fully saturated rings. The van der Waals surface area contributed by atoms with Crippen molar-refractivity contribution in [1.29, 1.82) is 5.26 Å². The fourth-order valence-electron chi connectivity index (χ4n) is 1.50. The molecule has 5 heteroatoms. The molecule has 0 saturated heterocycles. The van der Waals surface area contributed by atoms with Gasteiger partial charge in [0, 0.05) is 6.20 Å². The highest BCUT2D eigenvalue weighted by Gasteiger charge is 2.16. The predicted octanol–water partition coefficient (Wildman–Crippen LogP) is 2.53. The van der Waals surface area contributed by atoms with E-state index in [4.69, 9.17) is 5.26 Å². The van der Waals surface area contributed by atoms with Crippen molar-refractivity contribution < 1.29 is 4.92 Å². The molecule has 0 unspecified atom stereocenters. The zero-order valence-corrected chi connectivity index (χ0v) is 8.70. The minimum atomic E-state index is -0.509. The Morgan fingerprint density at radius 1 is 1.29 bits per heavy atom. The fraction of sp³-hybridized carbons (Fsp3) is 0. The summed E-state index contributed by atoms with van der Waals surface area (Å²) in [4.78, 5) is 14.3. The van der Waals surface area contributed by atoms with Crippen LogP contribution in [0.1, 0.15) is 5.69 Å². The first-order valence-electron chi connectivity index (χ1n) is 4.82. The molecule has 1 aromatic heterocycles. The molecule has 1 heterocycles. The van der Waals surface area contributed by atoms with E-state index < -0.39 is 4.92 Å². The van der Waals surface area contributed by atoms with Gasteiger partial charge in [0.1, 0.15) is 11.8 Å². The number of nitriles is 1. The summed E-state index contributed by atoms with van der Waals surface area (Å²) in [6.45, 7) is 0. The van der Waals surface area contributed by atoms with E-state index in [1.54, 1.807) is 30.3 Å². The molecule has 0 aliphatic carbocycles. The second-order valence-corrected chi connectivity index (χ2v) is 3.32. The molecule has 17 heavy (non-hydrogen) atoms. The van der Waals surface area contributed by atoms with Crippen LogP contribution in [0.4, 0.5) is 5.69 Å². The van der Waals surface area contributed by atoms with Gasteiger partial charge in [-0.25, -0.2) is 4.98 Å². The molecule has 0 bridgehead atoms. The minimum absolute atomic E-state index is 0.0383. The average Bonchev–Trinajstić information content (AvgIpc) is 2.39. The van der Waals surface area contributed by atoms with Gasteiger partial charge in [-0.05, 0) is 5.56 Å². The summed E-state index contributed by atoms with van der Waals surface area (Å²) in [6, 6.07) is 11.9. The quantitative estimate of drug-likeness (QED) is 0.581. The molecule has 0 aliphatic heterocycles.